The van der Waals surface area contributed by atoms with Crippen LogP contribution in [0.4, 0.5) is 0 Å². The zero-order chi connectivity index (χ0) is 20.5. The average Bonchev–Trinajstić information content (AvgIpc) is 3.30. The molecule has 4 nitrogen and oxygen atoms in total. The molecule has 0 saturated carbocycles. The lowest BCUT2D eigenvalue weighted by atomic mass is 10.1. The van der Waals surface area contributed by atoms with Crippen molar-refractivity contribution in [3.63, 3.8) is 0 Å². The molecular weight excluding hydrogens is 408 g/mol. The number of nitrogens with zero attached hydrogens (tertiary/aromatic N) is 4. The van der Waals surface area contributed by atoms with E-state index in [2.05, 4.69) is 92.6 Å². The number of aryl methyl sites for hydroxylation is 1. The Hall–Kier alpha value is -3.22. The van der Waals surface area contributed by atoms with Crippen molar-refractivity contribution in [2.75, 3.05) is 0 Å². The van der Waals surface area contributed by atoms with E-state index in [1.807, 2.05) is 19.2 Å². The standard InChI is InChI=1S/C24H20N4S2/c1-3-17-12-14-18(15-13-17)16-28-20-9-5-7-11-22(20)30-24(28)26-25-23-27(2)19-8-4-6-10-21(19)29-23/h3-15H,1,16H2,2H3/b25-23+,26-24+. The summed E-state index contributed by atoms with van der Waals surface area (Å²) < 4.78 is 6.74. The number of rotatable bonds is 4. The minimum absolute atomic E-state index is 0.744. The van der Waals surface area contributed by atoms with Gasteiger partial charge >= 0.3 is 0 Å². The second-order valence-electron chi connectivity index (χ2n) is 7.00. The van der Waals surface area contributed by atoms with Gasteiger partial charge in [0.25, 0.3) is 0 Å². The van der Waals surface area contributed by atoms with Crippen LogP contribution in [0.15, 0.2) is 89.6 Å². The molecule has 0 atom stereocenters. The first kappa shape index (κ1) is 18.8. The van der Waals surface area contributed by atoms with Crippen LogP contribution in [0.1, 0.15) is 11.1 Å². The van der Waals surface area contributed by atoms with Crippen molar-refractivity contribution < 1.29 is 0 Å². The maximum Gasteiger partial charge on any atom is 0.212 e. The van der Waals surface area contributed by atoms with Crippen LogP contribution in [0, 0.1) is 0 Å². The van der Waals surface area contributed by atoms with Crippen molar-refractivity contribution in [3.05, 3.63) is 100 Å². The van der Waals surface area contributed by atoms with E-state index >= 15 is 0 Å². The van der Waals surface area contributed by atoms with Gasteiger partial charge in [-0.3, -0.25) is 0 Å². The van der Waals surface area contributed by atoms with E-state index in [4.69, 9.17) is 0 Å². The van der Waals surface area contributed by atoms with Crippen LogP contribution in [-0.2, 0) is 13.6 Å². The third kappa shape index (κ3) is 3.44. The third-order valence-electron chi connectivity index (χ3n) is 5.08. The summed E-state index contributed by atoms with van der Waals surface area (Å²) in [5.74, 6) is 0. The van der Waals surface area contributed by atoms with Crippen molar-refractivity contribution in [2.45, 2.75) is 6.54 Å². The molecule has 148 valence electrons. The Kier molecular flexibility index (Phi) is 4.94. The highest BCUT2D eigenvalue weighted by Gasteiger charge is 2.07. The van der Waals surface area contributed by atoms with Gasteiger partial charge in [-0.05, 0) is 35.4 Å². The molecule has 5 rings (SSSR count). The number of aromatic nitrogens is 2. The predicted octanol–water partition coefficient (Wildman–Crippen LogP) is 5.36. The number of fused-ring (bicyclic) bond motifs is 2. The Morgan fingerprint density at radius 1 is 0.800 bits per heavy atom. The van der Waals surface area contributed by atoms with Crippen LogP contribution < -0.4 is 9.60 Å². The molecule has 0 fully saturated rings. The van der Waals surface area contributed by atoms with Gasteiger partial charge < -0.3 is 9.13 Å². The molecule has 0 aliphatic heterocycles. The average molecular weight is 429 g/mol. The Morgan fingerprint density at radius 2 is 1.40 bits per heavy atom. The van der Waals surface area contributed by atoms with Gasteiger partial charge in [-0.2, -0.15) is 0 Å². The van der Waals surface area contributed by atoms with Crippen LogP contribution >= 0.6 is 22.7 Å². The smallest absolute Gasteiger partial charge is 0.212 e. The molecule has 2 aromatic heterocycles. The first-order valence-corrected chi connectivity index (χ1v) is 11.3. The van der Waals surface area contributed by atoms with Gasteiger partial charge in [0.2, 0.25) is 9.60 Å². The maximum atomic E-state index is 4.68. The lowest BCUT2D eigenvalue weighted by molar-refractivity contribution is 0.779. The van der Waals surface area contributed by atoms with Crippen LogP contribution in [0.3, 0.4) is 0 Å². The van der Waals surface area contributed by atoms with Crippen LogP contribution in [0.5, 0.6) is 0 Å². The van der Waals surface area contributed by atoms with Crippen LogP contribution in [0.2, 0.25) is 0 Å². The molecule has 0 N–H and O–H groups in total. The summed E-state index contributed by atoms with van der Waals surface area (Å²) in [5.41, 5.74) is 4.68. The topological polar surface area (TPSA) is 34.6 Å². The van der Waals surface area contributed by atoms with Gasteiger partial charge in [-0.25, -0.2) is 0 Å². The summed E-state index contributed by atoms with van der Waals surface area (Å²) in [7, 11) is 2.04. The van der Waals surface area contributed by atoms with Gasteiger partial charge in [0, 0.05) is 7.05 Å². The summed E-state index contributed by atoms with van der Waals surface area (Å²) in [5, 5.41) is 9.30. The molecule has 5 aromatic rings. The molecule has 0 bridgehead atoms. The quantitative estimate of drug-likeness (QED) is 0.345. The number of hydrogen-bond acceptors (Lipinski definition) is 4. The summed E-state index contributed by atoms with van der Waals surface area (Å²) in [6.07, 6.45) is 1.86. The van der Waals surface area contributed by atoms with Crippen LogP contribution in [-0.4, -0.2) is 9.13 Å². The number of benzene rings is 3. The highest BCUT2D eigenvalue weighted by molar-refractivity contribution is 7.16. The zero-order valence-corrected chi connectivity index (χ0v) is 18.2. The van der Waals surface area contributed by atoms with E-state index in [0.29, 0.717) is 0 Å². The fourth-order valence-corrected chi connectivity index (χ4v) is 5.41. The SMILES string of the molecule is C=Cc1ccc(Cn2/c(=N\N=c3\sc4ccccc4n3C)sc3ccccc32)cc1. The van der Waals surface area contributed by atoms with Crippen molar-refractivity contribution in [1.82, 2.24) is 9.13 Å². The Bertz CT molecular complexity index is 1490. The fraction of sp³-hybridized carbons (Fsp3) is 0.0833. The minimum Gasteiger partial charge on any atom is -0.318 e. The van der Waals surface area contributed by atoms with Crippen molar-refractivity contribution in [3.8, 4) is 0 Å². The fourth-order valence-electron chi connectivity index (χ4n) is 3.46. The second-order valence-corrected chi connectivity index (χ2v) is 9.01. The highest BCUT2D eigenvalue weighted by atomic mass is 32.1. The van der Waals surface area contributed by atoms with Gasteiger partial charge in [0.05, 0.1) is 27.0 Å². The number of hydrogen-bond donors (Lipinski definition) is 0. The summed E-state index contributed by atoms with van der Waals surface area (Å²) in [6, 6.07) is 25.2. The van der Waals surface area contributed by atoms with E-state index < -0.39 is 0 Å². The molecular formula is C24H20N4S2. The van der Waals surface area contributed by atoms with Gasteiger partial charge in [-0.15, -0.1) is 10.2 Å². The molecule has 6 heteroatoms. The normalized spacial score (nSPS) is 12.8. The van der Waals surface area contributed by atoms with E-state index in [1.165, 1.54) is 26.0 Å². The van der Waals surface area contributed by atoms with Crippen molar-refractivity contribution >= 4 is 49.2 Å². The Balaban J connectivity index is 1.65. The predicted molar refractivity (Wildman–Crippen MR) is 127 cm³/mol. The summed E-state index contributed by atoms with van der Waals surface area (Å²) >= 11 is 3.32. The molecule has 0 aliphatic rings. The third-order valence-corrected chi connectivity index (χ3v) is 7.23. The molecule has 2 heterocycles. The molecule has 30 heavy (non-hydrogen) atoms. The molecule has 0 radical (unpaired) electrons. The zero-order valence-electron chi connectivity index (χ0n) is 16.5. The van der Waals surface area contributed by atoms with E-state index in [-0.39, 0.29) is 0 Å². The summed E-state index contributed by atoms with van der Waals surface area (Å²) in [4.78, 5) is 1.77. The first-order valence-electron chi connectivity index (χ1n) is 9.65. The molecule has 0 amide bonds. The first-order chi connectivity index (χ1) is 14.7. The van der Waals surface area contributed by atoms with Gasteiger partial charge in [0.15, 0.2) is 0 Å². The lowest BCUT2D eigenvalue weighted by Gasteiger charge is -2.05. The van der Waals surface area contributed by atoms with E-state index in [1.54, 1.807) is 22.7 Å². The lowest BCUT2D eigenvalue weighted by Crippen LogP contribution is -2.16. The molecule has 0 spiro atoms. The molecule has 0 saturated heterocycles. The van der Waals surface area contributed by atoms with Crippen molar-refractivity contribution in [1.29, 1.82) is 0 Å². The molecule has 0 unspecified atom stereocenters. The van der Waals surface area contributed by atoms with E-state index in [9.17, 15) is 0 Å². The van der Waals surface area contributed by atoms with Gasteiger partial charge in [-0.1, -0.05) is 83.9 Å². The van der Waals surface area contributed by atoms with E-state index in [0.717, 1.165) is 21.7 Å². The summed E-state index contributed by atoms with van der Waals surface area (Å²) in [6.45, 7) is 4.58. The Labute approximate surface area is 182 Å². The minimum atomic E-state index is 0.744. The monoisotopic (exact) mass is 428 g/mol. The molecule has 3 aromatic carbocycles. The maximum absolute atomic E-state index is 4.68. The number of para-hydroxylation sites is 2. The largest absolute Gasteiger partial charge is 0.318 e. The van der Waals surface area contributed by atoms with Crippen LogP contribution in [0.25, 0.3) is 26.5 Å². The van der Waals surface area contributed by atoms with Crippen molar-refractivity contribution in [2.24, 2.45) is 17.3 Å². The second kappa shape index (κ2) is 7.89. The molecule has 0 aliphatic carbocycles. The van der Waals surface area contributed by atoms with Gasteiger partial charge in [0.1, 0.15) is 0 Å². The Morgan fingerprint density at radius 3 is 2.10 bits per heavy atom. The highest BCUT2D eigenvalue weighted by Crippen LogP contribution is 2.19. The number of thiazole rings is 2.